The molecule has 0 aromatic heterocycles. The van der Waals surface area contributed by atoms with E-state index in [1.165, 1.54) is 54.6 Å². The normalized spacial score (nSPS) is 14.6. The Morgan fingerprint density at radius 3 is 2.58 bits per heavy atom. The summed E-state index contributed by atoms with van der Waals surface area (Å²) in [6, 6.07) is 13.4. The number of allylic oxidation sites excluding steroid dienone is 1. The summed E-state index contributed by atoms with van der Waals surface area (Å²) in [5.41, 5.74) is 6.96. The minimum absolute atomic E-state index is 0.183. The lowest BCUT2D eigenvalue weighted by molar-refractivity contribution is 0.259. The molecule has 1 aliphatic rings. The molecule has 2 nitrogen and oxygen atoms in total. The van der Waals surface area contributed by atoms with Gasteiger partial charge < -0.3 is 9.64 Å². The van der Waals surface area contributed by atoms with Crippen LogP contribution >= 0.6 is 0 Å². The zero-order chi connectivity index (χ0) is 22.2. The van der Waals surface area contributed by atoms with E-state index in [9.17, 15) is 4.39 Å². The lowest BCUT2D eigenvalue weighted by Crippen LogP contribution is -2.24. The molecule has 0 amide bonds. The van der Waals surface area contributed by atoms with E-state index in [1.54, 1.807) is 5.57 Å². The molecule has 1 atom stereocenters. The lowest BCUT2D eigenvalue weighted by atomic mass is 9.86. The van der Waals surface area contributed by atoms with Gasteiger partial charge in [-0.2, -0.15) is 0 Å². The molecule has 0 radical (unpaired) electrons. The number of likely N-dealkylation sites (N-methyl/N-ethyl adjacent to an activating group) is 1. The molecule has 1 aliphatic carbocycles. The summed E-state index contributed by atoms with van der Waals surface area (Å²) in [4.78, 5) is 2.47. The van der Waals surface area contributed by atoms with Crippen molar-refractivity contribution in [3.63, 3.8) is 0 Å². The Morgan fingerprint density at radius 2 is 1.84 bits per heavy atom. The number of fused-ring (bicyclic) bond motifs is 1. The van der Waals surface area contributed by atoms with Crippen molar-refractivity contribution < 1.29 is 9.13 Å². The SMILES string of the molecule is CCCCCN(C)CC1=C(C)c2ccc(OC[C@H](C)Cc3ccc(F)cc3)cc2CC1. The number of ether oxygens (including phenoxy) is 1. The van der Waals surface area contributed by atoms with Crippen LogP contribution in [0.2, 0.25) is 0 Å². The summed E-state index contributed by atoms with van der Waals surface area (Å²) in [6.45, 7) is 9.64. The largest absolute Gasteiger partial charge is 0.493 e. The van der Waals surface area contributed by atoms with E-state index in [2.05, 4.69) is 50.9 Å². The molecule has 0 fully saturated rings. The van der Waals surface area contributed by atoms with Crippen LogP contribution in [0, 0.1) is 11.7 Å². The molecular weight excluding hydrogens is 385 g/mol. The molecule has 0 N–H and O–H groups in total. The summed E-state index contributed by atoms with van der Waals surface area (Å²) in [5.74, 6) is 1.15. The fraction of sp³-hybridized carbons (Fsp3) is 0.500. The second-order valence-corrected chi connectivity index (χ2v) is 9.24. The number of benzene rings is 2. The van der Waals surface area contributed by atoms with Crippen LogP contribution in [0.4, 0.5) is 4.39 Å². The van der Waals surface area contributed by atoms with Crippen LogP contribution < -0.4 is 4.74 Å². The monoisotopic (exact) mass is 423 g/mol. The van der Waals surface area contributed by atoms with E-state index in [1.807, 2.05) is 12.1 Å². The second-order valence-electron chi connectivity index (χ2n) is 9.24. The van der Waals surface area contributed by atoms with Crippen LogP contribution in [0.25, 0.3) is 5.57 Å². The highest BCUT2D eigenvalue weighted by Gasteiger charge is 2.18. The van der Waals surface area contributed by atoms with Gasteiger partial charge in [0.1, 0.15) is 11.6 Å². The Balaban J connectivity index is 1.56. The maximum absolute atomic E-state index is 13.1. The van der Waals surface area contributed by atoms with Gasteiger partial charge in [-0.15, -0.1) is 0 Å². The van der Waals surface area contributed by atoms with Crippen molar-refractivity contribution in [3.8, 4) is 5.75 Å². The first-order chi connectivity index (χ1) is 15.0. The van der Waals surface area contributed by atoms with Gasteiger partial charge in [0.05, 0.1) is 6.61 Å². The third kappa shape index (κ3) is 6.93. The second kappa shape index (κ2) is 11.5. The van der Waals surface area contributed by atoms with Crippen LogP contribution in [0.1, 0.15) is 63.1 Å². The molecule has 0 unspecified atom stereocenters. The van der Waals surface area contributed by atoms with Gasteiger partial charge in [0.2, 0.25) is 0 Å². The van der Waals surface area contributed by atoms with Gasteiger partial charge in [-0.05, 0) is 98.6 Å². The van der Waals surface area contributed by atoms with Crippen LogP contribution in [-0.4, -0.2) is 31.6 Å². The van der Waals surface area contributed by atoms with E-state index in [0.29, 0.717) is 12.5 Å². The average Bonchev–Trinajstić information content (AvgIpc) is 2.76. The molecule has 0 aliphatic heterocycles. The Kier molecular flexibility index (Phi) is 8.71. The number of aryl methyl sites for hydroxylation is 1. The van der Waals surface area contributed by atoms with Crippen molar-refractivity contribution >= 4 is 5.57 Å². The minimum Gasteiger partial charge on any atom is -0.493 e. The van der Waals surface area contributed by atoms with E-state index in [-0.39, 0.29) is 5.82 Å². The summed E-state index contributed by atoms with van der Waals surface area (Å²) < 4.78 is 19.2. The maximum Gasteiger partial charge on any atom is 0.123 e. The molecule has 2 aromatic carbocycles. The van der Waals surface area contributed by atoms with Crippen molar-refractivity contribution in [3.05, 3.63) is 70.5 Å². The zero-order valence-corrected chi connectivity index (χ0v) is 19.7. The van der Waals surface area contributed by atoms with Gasteiger partial charge in [-0.1, -0.05) is 50.5 Å². The highest BCUT2D eigenvalue weighted by atomic mass is 19.1. The molecule has 31 heavy (non-hydrogen) atoms. The fourth-order valence-electron chi connectivity index (χ4n) is 4.45. The van der Waals surface area contributed by atoms with Gasteiger partial charge in [0.15, 0.2) is 0 Å². The Labute approximate surface area is 188 Å². The van der Waals surface area contributed by atoms with E-state index in [4.69, 9.17) is 4.74 Å². The summed E-state index contributed by atoms with van der Waals surface area (Å²) >= 11 is 0. The van der Waals surface area contributed by atoms with E-state index < -0.39 is 0 Å². The Morgan fingerprint density at radius 1 is 1.06 bits per heavy atom. The zero-order valence-electron chi connectivity index (χ0n) is 19.7. The number of nitrogens with zero attached hydrogens (tertiary/aromatic N) is 1. The van der Waals surface area contributed by atoms with E-state index in [0.717, 1.165) is 37.1 Å². The molecule has 2 aromatic rings. The van der Waals surface area contributed by atoms with Gasteiger partial charge >= 0.3 is 0 Å². The van der Waals surface area contributed by atoms with E-state index >= 15 is 0 Å². The number of unbranched alkanes of at least 4 members (excludes halogenated alkanes) is 2. The van der Waals surface area contributed by atoms with Crippen LogP contribution in [0.3, 0.4) is 0 Å². The molecule has 0 spiro atoms. The predicted octanol–water partition coefficient (Wildman–Crippen LogP) is 6.93. The minimum atomic E-state index is -0.183. The molecule has 3 rings (SSSR count). The van der Waals surface area contributed by atoms with Crippen molar-refractivity contribution in [2.45, 2.75) is 59.3 Å². The standard InChI is InChI=1S/C28H38FNO/c1-5-6-7-16-30(4)19-25-11-10-24-18-27(14-15-28(24)22(25)3)31-20-21(2)17-23-8-12-26(29)13-9-23/h8-9,12-15,18,21H,5-7,10-11,16-17,19-20H2,1-4H3/t21-/m1/s1. The van der Waals surface area contributed by atoms with Crippen LogP contribution in [-0.2, 0) is 12.8 Å². The van der Waals surface area contributed by atoms with Gasteiger partial charge in [0.25, 0.3) is 0 Å². The molecule has 0 bridgehead atoms. The van der Waals surface area contributed by atoms with Gasteiger partial charge in [-0.3, -0.25) is 0 Å². The third-order valence-corrected chi connectivity index (χ3v) is 6.34. The Hall–Kier alpha value is -2.13. The molecule has 0 heterocycles. The first-order valence-corrected chi connectivity index (χ1v) is 11.8. The van der Waals surface area contributed by atoms with Crippen molar-refractivity contribution in [1.82, 2.24) is 4.90 Å². The van der Waals surface area contributed by atoms with Crippen LogP contribution in [0.5, 0.6) is 5.75 Å². The highest BCUT2D eigenvalue weighted by molar-refractivity contribution is 5.72. The molecule has 3 heteroatoms. The first-order valence-electron chi connectivity index (χ1n) is 11.8. The fourth-order valence-corrected chi connectivity index (χ4v) is 4.45. The summed E-state index contributed by atoms with van der Waals surface area (Å²) in [7, 11) is 2.25. The predicted molar refractivity (Wildman–Crippen MR) is 129 cm³/mol. The molecular formula is C28H38FNO. The highest BCUT2D eigenvalue weighted by Crippen LogP contribution is 2.33. The number of hydrogen-bond donors (Lipinski definition) is 0. The topological polar surface area (TPSA) is 12.5 Å². The number of halogens is 1. The number of hydrogen-bond acceptors (Lipinski definition) is 2. The maximum atomic E-state index is 13.1. The van der Waals surface area contributed by atoms with Crippen molar-refractivity contribution in [2.24, 2.45) is 5.92 Å². The van der Waals surface area contributed by atoms with Crippen molar-refractivity contribution in [2.75, 3.05) is 26.7 Å². The average molecular weight is 424 g/mol. The first kappa shape index (κ1) is 23.5. The van der Waals surface area contributed by atoms with Gasteiger partial charge in [0, 0.05) is 6.54 Å². The molecule has 0 saturated carbocycles. The third-order valence-electron chi connectivity index (χ3n) is 6.34. The quantitative estimate of drug-likeness (QED) is 0.364. The smallest absolute Gasteiger partial charge is 0.123 e. The number of rotatable bonds is 11. The summed E-state index contributed by atoms with van der Waals surface area (Å²) in [5, 5.41) is 0. The molecule has 0 saturated heterocycles. The molecule has 168 valence electrons. The van der Waals surface area contributed by atoms with Crippen LogP contribution in [0.15, 0.2) is 48.0 Å². The Bertz CT molecular complexity index is 871. The van der Waals surface area contributed by atoms with Gasteiger partial charge in [-0.25, -0.2) is 4.39 Å². The van der Waals surface area contributed by atoms with Crippen molar-refractivity contribution in [1.29, 1.82) is 0 Å². The summed E-state index contributed by atoms with van der Waals surface area (Å²) in [6.07, 6.45) is 7.00. The lowest BCUT2D eigenvalue weighted by Gasteiger charge is -2.26.